The van der Waals surface area contributed by atoms with Crippen molar-refractivity contribution in [2.75, 3.05) is 24.9 Å². The van der Waals surface area contributed by atoms with Crippen molar-refractivity contribution in [3.05, 3.63) is 66.1 Å². The van der Waals surface area contributed by atoms with E-state index in [0.29, 0.717) is 10.5 Å². The lowest BCUT2D eigenvalue weighted by Gasteiger charge is -2.41. The summed E-state index contributed by atoms with van der Waals surface area (Å²) in [7, 11) is 0. The average Bonchev–Trinajstić information content (AvgIpc) is 2.84. The van der Waals surface area contributed by atoms with E-state index in [4.69, 9.17) is 22.6 Å². The number of ether oxygens (including phenoxy) is 1. The summed E-state index contributed by atoms with van der Waals surface area (Å²) < 4.78 is 115. The first-order valence-corrected chi connectivity index (χ1v) is 7.68. The molecule has 0 saturated carbocycles. The molecule has 0 spiro atoms. The summed E-state index contributed by atoms with van der Waals surface area (Å²) in [4.78, 5) is 13.8. The van der Waals surface area contributed by atoms with Gasteiger partial charge in [0.2, 0.25) is 0 Å². The number of hydrogen-bond donors (Lipinski definition) is 1. The minimum Gasteiger partial charge on any atom is -0.464 e. The molecule has 1 aliphatic heterocycles. The lowest BCUT2D eigenvalue weighted by molar-refractivity contribution is -0.150. The van der Waals surface area contributed by atoms with Crippen LogP contribution in [0.1, 0.15) is 43.1 Å². The number of carbonyl (C=O) groups is 1. The number of carbonyl (C=O) groups excluding carboxylic acids is 1. The highest BCUT2D eigenvalue weighted by Gasteiger charge is 2.42. The average molecular weight is 352 g/mol. The van der Waals surface area contributed by atoms with Gasteiger partial charge in [-0.05, 0) is 37.3 Å². The molecule has 0 aliphatic carbocycles. The molecule has 4 heteroatoms. The van der Waals surface area contributed by atoms with Crippen molar-refractivity contribution in [1.82, 2.24) is 4.90 Å². The molecule has 0 bridgehead atoms. The van der Waals surface area contributed by atoms with Crippen LogP contribution in [-0.4, -0.2) is 36.0 Å². The van der Waals surface area contributed by atoms with E-state index >= 15 is 0 Å². The molecule has 1 N–H and O–H groups in total. The zero-order chi connectivity index (χ0) is 29.1. The Morgan fingerprint density at radius 2 is 1.92 bits per heavy atom. The van der Waals surface area contributed by atoms with Crippen LogP contribution in [0, 0.1) is 0 Å². The number of nitrogens with zero attached hydrogens (tertiary/aromatic N) is 1. The van der Waals surface area contributed by atoms with Crippen molar-refractivity contribution in [2.45, 2.75) is 31.8 Å². The van der Waals surface area contributed by atoms with Gasteiger partial charge in [0, 0.05) is 36.2 Å². The number of para-hydroxylation sites is 1. The highest BCUT2D eigenvalue weighted by atomic mass is 16.5. The lowest BCUT2D eigenvalue weighted by Crippen LogP contribution is -2.55. The predicted molar refractivity (Wildman–Crippen MR) is 100 cm³/mol. The first kappa shape index (κ1) is 7.50. The van der Waals surface area contributed by atoms with Gasteiger partial charge in [0.25, 0.3) is 0 Å². The molecule has 0 atom stereocenters. The summed E-state index contributed by atoms with van der Waals surface area (Å²) in [5.41, 5.74) is -4.15. The molecular weight excluding hydrogens is 312 g/mol. The van der Waals surface area contributed by atoms with E-state index in [1.807, 2.05) is 0 Å². The van der Waals surface area contributed by atoms with E-state index in [1.165, 1.54) is 19.1 Å². The number of anilines is 1. The van der Waals surface area contributed by atoms with Crippen LogP contribution < -0.4 is 5.32 Å². The van der Waals surface area contributed by atoms with Gasteiger partial charge in [0.1, 0.15) is 5.54 Å². The molecular formula is C21H26N2O2. The zero-order valence-corrected chi connectivity index (χ0v) is 13.6. The summed E-state index contributed by atoms with van der Waals surface area (Å²) in [6.45, 7) is -6.53. The maximum Gasteiger partial charge on any atom is 0.331 e. The fraction of sp³-hybridized carbons (Fsp3) is 0.381. The van der Waals surface area contributed by atoms with Gasteiger partial charge in [-0.25, -0.2) is 4.79 Å². The fourth-order valence-electron chi connectivity index (χ4n) is 2.16. The smallest absolute Gasteiger partial charge is 0.331 e. The number of rotatable bonds is 6. The van der Waals surface area contributed by atoms with Gasteiger partial charge >= 0.3 is 5.97 Å². The van der Waals surface area contributed by atoms with Crippen molar-refractivity contribution in [1.29, 1.82) is 0 Å². The van der Waals surface area contributed by atoms with Crippen LogP contribution in [0.2, 0.25) is 0 Å². The Hall–Kier alpha value is -2.33. The van der Waals surface area contributed by atoms with Crippen molar-refractivity contribution < 1.29 is 27.4 Å². The van der Waals surface area contributed by atoms with Gasteiger partial charge in [-0.2, -0.15) is 0 Å². The maximum absolute atomic E-state index is 13.5. The molecule has 25 heavy (non-hydrogen) atoms. The minimum atomic E-state index is -3.65. The highest BCUT2D eigenvalue weighted by molar-refractivity contribution is 5.84. The SMILES string of the molecule is [2H]c1c([2H])c([2H])c(NC2(C(=O)OCC)C([2H])([2H])C([2H])([2H])N(Cc3ccccc3)C([2H])([2H])C2([2H])[2H])c([2H])c1[2H]. The minimum absolute atomic E-state index is 0.328. The van der Waals surface area contributed by atoms with Crippen LogP contribution in [0.4, 0.5) is 5.69 Å². The Labute approximate surface area is 168 Å². The Kier molecular flexibility index (Phi) is 2.45. The zero-order valence-electron chi connectivity index (χ0n) is 26.6. The Bertz CT molecular complexity index is 1180. The molecule has 1 fully saturated rings. The first-order valence-electron chi connectivity index (χ1n) is 14.2. The number of piperidine rings is 1. The molecule has 132 valence electrons. The van der Waals surface area contributed by atoms with E-state index in [0.717, 1.165) is 0 Å². The lowest BCUT2D eigenvalue weighted by atomic mass is 9.86. The monoisotopic (exact) mass is 351 g/mol. The summed E-state index contributed by atoms with van der Waals surface area (Å²) in [5.74, 6) is -1.74. The third kappa shape index (κ3) is 4.40. The predicted octanol–water partition coefficient (Wildman–Crippen LogP) is 3.70. The number of benzene rings is 2. The molecule has 1 aliphatic rings. The van der Waals surface area contributed by atoms with Gasteiger partial charge in [-0.3, -0.25) is 4.90 Å². The maximum atomic E-state index is 13.5. The van der Waals surface area contributed by atoms with E-state index in [9.17, 15) is 4.79 Å². The van der Waals surface area contributed by atoms with E-state index in [2.05, 4.69) is 5.32 Å². The Morgan fingerprint density at radius 3 is 2.56 bits per heavy atom. The third-order valence-electron chi connectivity index (χ3n) is 3.33. The van der Waals surface area contributed by atoms with Crippen LogP contribution in [0.15, 0.2) is 60.5 Å². The van der Waals surface area contributed by atoms with Crippen molar-refractivity contribution >= 4 is 11.7 Å². The largest absolute Gasteiger partial charge is 0.464 e. The number of nitrogens with one attached hydrogen (secondary N) is 1. The van der Waals surface area contributed by atoms with Gasteiger partial charge in [-0.15, -0.1) is 0 Å². The Morgan fingerprint density at radius 1 is 1.24 bits per heavy atom. The van der Waals surface area contributed by atoms with Crippen molar-refractivity contribution in [2.24, 2.45) is 0 Å². The van der Waals surface area contributed by atoms with E-state index in [1.54, 1.807) is 18.2 Å². The summed E-state index contributed by atoms with van der Waals surface area (Å²) in [6.07, 6.45) is -7.31. The second-order valence-corrected chi connectivity index (χ2v) is 5.14. The fourth-order valence-corrected chi connectivity index (χ4v) is 2.16. The molecule has 1 heterocycles. The Balaban J connectivity index is 2.38. The first-order chi connectivity index (χ1) is 17.3. The van der Waals surface area contributed by atoms with Crippen molar-refractivity contribution in [3.63, 3.8) is 0 Å². The molecule has 1 saturated heterocycles. The van der Waals surface area contributed by atoms with Crippen LogP contribution >= 0.6 is 0 Å². The van der Waals surface area contributed by atoms with Gasteiger partial charge < -0.3 is 10.1 Å². The number of likely N-dealkylation sites (tertiary alicyclic amines) is 1. The van der Waals surface area contributed by atoms with Crippen LogP contribution in [0.25, 0.3) is 0 Å². The second-order valence-electron chi connectivity index (χ2n) is 5.14. The van der Waals surface area contributed by atoms with E-state index < -0.39 is 86.3 Å². The standard InChI is InChI=1S/C21H26N2O2/c1-2-25-20(24)21(22-19-11-7-4-8-12-19)13-15-23(16-14-21)17-18-9-5-3-6-10-18/h3-12,22H,2,13-17H2,1H3/i4D,7D,8D,11D,12D,13D2,14D2,15D2,16D2. The topological polar surface area (TPSA) is 41.6 Å². The second kappa shape index (κ2) is 8.17. The van der Waals surface area contributed by atoms with Gasteiger partial charge in [0.05, 0.1) is 13.5 Å². The molecule has 0 aromatic heterocycles. The van der Waals surface area contributed by atoms with Crippen LogP contribution in [0.3, 0.4) is 0 Å². The highest BCUT2D eigenvalue weighted by Crippen LogP contribution is 2.29. The molecule has 0 unspecified atom stereocenters. The summed E-state index contributed by atoms with van der Waals surface area (Å²) in [6, 6.07) is 3.32. The number of esters is 1. The van der Waals surface area contributed by atoms with Crippen molar-refractivity contribution in [3.8, 4) is 0 Å². The summed E-state index contributed by atoms with van der Waals surface area (Å²) >= 11 is 0. The summed E-state index contributed by atoms with van der Waals surface area (Å²) in [5, 5.41) is 2.07. The molecule has 0 amide bonds. The van der Waals surface area contributed by atoms with Gasteiger partial charge in [-0.1, -0.05) is 48.5 Å². The molecule has 2 aromatic carbocycles. The molecule has 4 nitrogen and oxygen atoms in total. The van der Waals surface area contributed by atoms with E-state index in [-0.39, 0.29) is 0 Å². The van der Waals surface area contributed by atoms with Crippen LogP contribution in [-0.2, 0) is 16.1 Å². The molecule has 0 radical (unpaired) electrons. The third-order valence-corrected chi connectivity index (χ3v) is 3.33. The molecule has 3 rings (SSSR count). The molecule has 2 aromatic rings. The van der Waals surface area contributed by atoms with Gasteiger partial charge in [0.15, 0.2) is 0 Å². The normalized spacial score (nSPS) is 32.6. The van der Waals surface area contributed by atoms with Crippen LogP contribution in [0.5, 0.6) is 0 Å². The quantitative estimate of drug-likeness (QED) is 0.806. The number of hydrogen-bond acceptors (Lipinski definition) is 4.